The first-order valence-corrected chi connectivity index (χ1v) is 10.5. The number of H-pyrrole nitrogens is 1. The lowest BCUT2D eigenvalue weighted by molar-refractivity contribution is -0.139. The predicted molar refractivity (Wildman–Crippen MR) is 109 cm³/mol. The third kappa shape index (κ3) is 4.41. The first-order valence-electron chi connectivity index (χ1n) is 9.14. The Labute approximate surface area is 167 Å². The minimum Gasteiger partial charge on any atom is -0.480 e. The van der Waals surface area contributed by atoms with E-state index in [9.17, 15) is 19.5 Å². The standard InChI is InChI=1S/C19H24N4O4S/c1-28-11-6-16(18(25)26)21-19(27)23-9-7-22(8-10-23)17(24)14-12-20-15-5-3-2-4-13(14)15/h2-5,12,16,20H,6-11H2,1H3,(H,21,27)(H,25,26)/t16-/m1/s1. The van der Waals surface area contributed by atoms with Gasteiger partial charge in [0.1, 0.15) is 6.04 Å². The Morgan fingerprint density at radius 2 is 1.86 bits per heavy atom. The summed E-state index contributed by atoms with van der Waals surface area (Å²) in [6, 6.07) is 6.34. The van der Waals surface area contributed by atoms with E-state index in [-0.39, 0.29) is 5.91 Å². The number of nitrogens with zero attached hydrogens (tertiary/aromatic N) is 2. The molecule has 0 aliphatic carbocycles. The molecule has 1 aliphatic heterocycles. The number of para-hydroxylation sites is 1. The number of amides is 3. The number of carboxylic acid groups (broad SMARTS) is 1. The highest BCUT2D eigenvalue weighted by molar-refractivity contribution is 7.98. The molecular weight excluding hydrogens is 380 g/mol. The smallest absolute Gasteiger partial charge is 0.326 e. The van der Waals surface area contributed by atoms with Crippen molar-refractivity contribution in [2.24, 2.45) is 0 Å². The summed E-state index contributed by atoms with van der Waals surface area (Å²) in [6.45, 7) is 1.56. The van der Waals surface area contributed by atoms with E-state index in [2.05, 4.69) is 10.3 Å². The van der Waals surface area contributed by atoms with Crippen LogP contribution >= 0.6 is 11.8 Å². The average Bonchev–Trinajstić information content (AvgIpc) is 3.14. The van der Waals surface area contributed by atoms with Crippen LogP contribution in [0.5, 0.6) is 0 Å². The lowest BCUT2D eigenvalue weighted by atomic mass is 10.1. The normalized spacial score (nSPS) is 15.5. The van der Waals surface area contributed by atoms with Crippen molar-refractivity contribution in [2.45, 2.75) is 12.5 Å². The molecule has 0 saturated carbocycles. The topological polar surface area (TPSA) is 106 Å². The molecule has 1 aliphatic rings. The monoisotopic (exact) mass is 404 g/mol. The molecule has 150 valence electrons. The molecule has 1 fully saturated rings. The Morgan fingerprint density at radius 1 is 1.18 bits per heavy atom. The van der Waals surface area contributed by atoms with E-state index in [0.29, 0.717) is 43.9 Å². The maximum atomic E-state index is 12.8. The van der Waals surface area contributed by atoms with Gasteiger partial charge in [-0.2, -0.15) is 11.8 Å². The fraction of sp³-hybridized carbons (Fsp3) is 0.421. The van der Waals surface area contributed by atoms with E-state index in [4.69, 9.17) is 0 Å². The lowest BCUT2D eigenvalue weighted by Crippen LogP contribution is -2.55. The number of hydrogen-bond acceptors (Lipinski definition) is 4. The number of piperazine rings is 1. The van der Waals surface area contributed by atoms with Crippen LogP contribution in [-0.4, -0.2) is 82.0 Å². The largest absolute Gasteiger partial charge is 0.480 e. The summed E-state index contributed by atoms with van der Waals surface area (Å²) < 4.78 is 0. The van der Waals surface area contributed by atoms with Crippen LogP contribution < -0.4 is 5.32 Å². The molecule has 1 aromatic carbocycles. The summed E-state index contributed by atoms with van der Waals surface area (Å²) in [4.78, 5) is 42.9. The molecule has 1 saturated heterocycles. The van der Waals surface area contributed by atoms with E-state index in [1.807, 2.05) is 30.5 Å². The zero-order valence-electron chi connectivity index (χ0n) is 15.7. The number of nitrogens with one attached hydrogen (secondary N) is 2. The van der Waals surface area contributed by atoms with Crippen LogP contribution in [0.2, 0.25) is 0 Å². The summed E-state index contributed by atoms with van der Waals surface area (Å²) in [6.07, 6.45) is 3.99. The number of aliphatic carboxylic acids is 1. The third-order valence-corrected chi connectivity index (χ3v) is 5.52. The molecule has 3 amide bonds. The van der Waals surface area contributed by atoms with Gasteiger partial charge in [0, 0.05) is 43.3 Å². The van der Waals surface area contributed by atoms with Crippen LogP contribution in [0, 0.1) is 0 Å². The maximum absolute atomic E-state index is 12.8. The molecule has 8 nitrogen and oxygen atoms in total. The minimum atomic E-state index is -1.03. The molecule has 28 heavy (non-hydrogen) atoms. The quantitative estimate of drug-likeness (QED) is 0.681. The summed E-state index contributed by atoms with van der Waals surface area (Å²) in [5, 5.41) is 12.7. The van der Waals surface area contributed by atoms with Crippen molar-refractivity contribution >= 4 is 40.6 Å². The van der Waals surface area contributed by atoms with Crippen LogP contribution in [0.25, 0.3) is 10.9 Å². The summed E-state index contributed by atoms with van der Waals surface area (Å²) in [7, 11) is 0. The molecule has 1 atom stereocenters. The highest BCUT2D eigenvalue weighted by Crippen LogP contribution is 2.20. The van der Waals surface area contributed by atoms with Gasteiger partial charge in [0.15, 0.2) is 0 Å². The first kappa shape index (κ1) is 20.1. The Kier molecular flexibility index (Phi) is 6.45. The van der Waals surface area contributed by atoms with Gasteiger partial charge in [0.2, 0.25) is 0 Å². The van der Waals surface area contributed by atoms with Gasteiger partial charge in [-0.1, -0.05) is 18.2 Å². The Bertz CT molecular complexity index is 860. The van der Waals surface area contributed by atoms with Gasteiger partial charge in [0.25, 0.3) is 5.91 Å². The number of aromatic nitrogens is 1. The fourth-order valence-electron chi connectivity index (χ4n) is 3.26. The van der Waals surface area contributed by atoms with Gasteiger partial charge in [-0.3, -0.25) is 4.79 Å². The van der Waals surface area contributed by atoms with Gasteiger partial charge in [-0.25, -0.2) is 9.59 Å². The fourth-order valence-corrected chi connectivity index (χ4v) is 3.74. The molecule has 0 spiro atoms. The average molecular weight is 404 g/mol. The van der Waals surface area contributed by atoms with Gasteiger partial charge in [-0.15, -0.1) is 0 Å². The number of rotatable bonds is 6. The molecule has 9 heteroatoms. The van der Waals surface area contributed by atoms with Crippen LogP contribution in [0.3, 0.4) is 0 Å². The second kappa shape index (κ2) is 9.01. The lowest BCUT2D eigenvalue weighted by Gasteiger charge is -2.35. The van der Waals surface area contributed by atoms with E-state index in [1.165, 1.54) is 11.8 Å². The number of thioether (sulfide) groups is 1. The summed E-state index contributed by atoms with van der Waals surface area (Å²) in [5.41, 5.74) is 1.53. The highest BCUT2D eigenvalue weighted by Gasteiger charge is 2.28. The van der Waals surface area contributed by atoms with E-state index >= 15 is 0 Å². The number of hydrogen-bond donors (Lipinski definition) is 3. The van der Waals surface area contributed by atoms with Crippen LogP contribution in [-0.2, 0) is 4.79 Å². The number of fused-ring (bicyclic) bond motifs is 1. The molecule has 1 aromatic heterocycles. The molecule has 0 bridgehead atoms. The van der Waals surface area contributed by atoms with E-state index in [0.717, 1.165) is 10.9 Å². The van der Waals surface area contributed by atoms with Crippen molar-refractivity contribution in [1.82, 2.24) is 20.1 Å². The first-order chi connectivity index (χ1) is 13.5. The zero-order chi connectivity index (χ0) is 20.1. The SMILES string of the molecule is CSCC[C@@H](NC(=O)N1CCN(C(=O)c2c[nH]c3ccccc23)CC1)C(=O)O. The van der Waals surface area contributed by atoms with Gasteiger partial charge >= 0.3 is 12.0 Å². The van der Waals surface area contributed by atoms with Crippen LogP contribution in [0.1, 0.15) is 16.8 Å². The Morgan fingerprint density at radius 3 is 2.54 bits per heavy atom. The highest BCUT2D eigenvalue weighted by atomic mass is 32.2. The Hall–Kier alpha value is -2.68. The number of carboxylic acids is 1. The van der Waals surface area contributed by atoms with Crippen molar-refractivity contribution in [3.05, 3.63) is 36.0 Å². The van der Waals surface area contributed by atoms with Crippen LogP contribution in [0.15, 0.2) is 30.5 Å². The molecule has 0 unspecified atom stereocenters. The van der Waals surface area contributed by atoms with Gasteiger partial charge in [-0.05, 0) is 24.5 Å². The summed E-state index contributed by atoms with van der Waals surface area (Å²) >= 11 is 1.54. The van der Waals surface area contributed by atoms with Crippen molar-refractivity contribution in [1.29, 1.82) is 0 Å². The van der Waals surface area contributed by atoms with Crippen molar-refractivity contribution < 1.29 is 19.5 Å². The second-order valence-corrected chi connectivity index (χ2v) is 7.63. The van der Waals surface area contributed by atoms with Crippen LogP contribution in [0.4, 0.5) is 4.79 Å². The molecule has 3 N–H and O–H groups in total. The summed E-state index contributed by atoms with van der Waals surface area (Å²) in [5.74, 6) is -0.444. The molecule has 2 heterocycles. The zero-order valence-corrected chi connectivity index (χ0v) is 16.5. The molecule has 3 rings (SSSR count). The van der Waals surface area contributed by atoms with Crippen molar-refractivity contribution in [3.63, 3.8) is 0 Å². The minimum absolute atomic E-state index is 0.0686. The van der Waals surface area contributed by atoms with Gasteiger partial charge in [0.05, 0.1) is 5.56 Å². The number of urea groups is 1. The van der Waals surface area contributed by atoms with Crippen molar-refractivity contribution in [3.8, 4) is 0 Å². The predicted octanol–water partition coefficient (Wildman–Crippen LogP) is 1.84. The molecule has 0 radical (unpaired) electrons. The number of aromatic amines is 1. The Balaban J connectivity index is 1.57. The number of carbonyl (C=O) groups excluding carboxylic acids is 2. The number of benzene rings is 1. The number of carbonyl (C=O) groups is 3. The molecule has 2 aromatic rings. The van der Waals surface area contributed by atoms with Gasteiger partial charge < -0.3 is 25.2 Å². The second-order valence-electron chi connectivity index (χ2n) is 6.65. The van der Waals surface area contributed by atoms with E-state index < -0.39 is 18.0 Å². The van der Waals surface area contributed by atoms with E-state index in [1.54, 1.807) is 16.0 Å². The maximum Gasteiger partial charge on any atom is 0.326 e. The molecular formula is C19H24N4O4S. The third-order valence-electron chi connectivity index (χ3n) is 4.88. The van der Waals surface area contributed by atoms with Crippen molar-refractivity contribution in [2.75, 3.05) is 38.2 Å².